The van der Waals surface area contributed by atoms with Gasteiger partial charge in [-0.3, -0.25) is 9.59 Å². The summed E-state index contributed by atoms with van der Waals surface area (Å²) in [6, 6.07) is 9.76. The number of ketones is 1. The molecule has 0 heterocycles. The lowest BCUT2D eigenvalue weighted by molar-refractivity contribution is -0.116. The number of carbonyl (C=O) groups excluding carboxylic acids is 3. The lowest BCUT2D eigenvalue weighted by Crippen LogP contribution is -2.13. The summed E-state index contributed by atoms with van der Waals surface area (Å²) in [6.07, 6.45) is 0.649. The lowest BCUT2D eigenvalue weighted by Gasteiger charge is -2.08. The summed E-state index contributed by atoms with van der Waals surface area (Å²) in [5.74, 6) is -1.46. The summed E-state index contributed by atoms with van der Waals surface area (Å²) in [7, 11) is 1.24. The van der Waals surface area contributed by atoms with Crippen LogP contribution in [0.5, 0.6) is 0 Å². The maximum Gasteiger partial charge on any atom is 0.339 e. The molecule has 0 saturated heterocycles. The minimum Gasteiger partial charge on any atom is -0.465 e. The number of benzene rings is 2. The average Bonchev–Trinajstić information content (AvgIpc) is 2.63. The van der Waals surface area contributed by atoms with Crippen LogP contribution in [0.1, 0.15) is 40.0 Å². The van der Waals surface area contributed by atoms with Gasteiger partial charge in [-0.05, 0) is 48.9 Å². The normalized spacial score (nSPS) is 10.3. The van der Waals surface area contributed by atoms with E-state index in [1.54, 1.807) is 6.07 Å². The summed E-state index contributed by atoms with van der Waals surface area (Å²) in [5.41, 5.74) is 0.968. The second-order valence-electron chi connectivity index (χ2n) is 5.52. The second-order valence-corrected chi connectivity index (χ2v) is 5.93. The van der Waals surface area contributed by atoms with Gasteiger partial charge < -0.3 is 10.1 Å². The zero-order valence-electron chi connectivity index (χ0n) is 14.1. The van der Waals surface area contributed by atoms with Crippen LogP contribution in [0, 0.1) is 5.82 Å². The lowest BCUT2D eigenvalue weighted by atomic mass is 10.1. The molecule has 1 amide bonds. The summed E-state index contributed by atoms with van der Waals surface area (Å²) in [5, 5.41) is 2.87. The summed E-state index contributed by atoms with van der Waals surface area (Å²) in [6.45, 7) is 0. The van der Waals surface area contributed by atoms with Crippen molar-refractivity contribution in [3.63, 3.8) is 0 Å². The Hall–Kier alpha value is -2.73. The zero-order chi connectivity index (χ0) is 19.1. The van der Waals surface area contributed by atoms with Crippen LogP contribution in [-0.4, -0.2) is 24.8 Å². The first-order valence-electron chi connectivity index (χ1n) is 7.87. The molecular formula is C19H17ClFNO4. The SMILES string of the molecule is COC(=O)c1cc(NC(=O)CCCC(=O)c2ccc(F)cc2)ccc1Cl. The Kier molecular flexibility index (Phi) is 6.86. The minimum atomic E-state index is -0.601. The predicted octanol–water partition coefficient (Wildman–Crippen LogP) is 4.26. The van der Waals surface area contributed by atoms with Crippen molar-refractivity contribution in [1.29, 1.82) is 0 Å². The summed E-state index contributed by atoms with van der Waals surface area (Å²) >= 11 is 5.92. The van der Waals surface area contributed by atoms with E-state index in [0.717, 1.165) is 0 Å². The topological polar surface area (TPSA) is 72.5 Å². The molecule has 0 atom stereocenters. The van der Waals surface area contributed by atoms with Gasteiger partial charge in [-0.2, -0.15) is 0 Å². The van der Waals surface area contributed by atoms with Crippen molar-refractivity contribution < 1.29 is 23.5 Å². The van der Waals surface area contributed by atoms with Gasteiger partial charge in [0.2, 0.25) is 5.91 Å². The van der Waals surface area contributed by atoms with Gasteiger partial charge in [0.25, 0.3) is 0 Å². The second kappa shape index (κ2) is 9.10. The molecule has 7 heteroatoms. The molecule has 0 aliphatic heterocycles. The molecule has 0 bridgehead atoms. The van der Waals surface area contributed by atoms with Crippen molar-refractivity contribution in [3.8, 4) is 0 Å². The minimum absolute atomic E-state index is 0.128. The molecule has 136 valence electrons. The molecule has 0 saturated carbocycles. The number of methoxy groups -OCH3 is 1. The van der Waals surface area contributed by atoms with E-state index in [0.29, 0.717) is 17.7 Å². The highest BCUT2D eigenvalue weighted by Crippen LogP contribution is 2.21. The Morgan fingerprint density at radius 2 is 1.77 bits per heavy atom. The standard InChI is InChI=1S/C19H17ClFNO4/c1-26-19(25)15-11-14(9-10-16(15)20)22-18(24)4-2-3-17(23)12-5-7-13(21)8-6-12/h5-11H,2-4H2,1H3,(H,22,24). The van der Waals surface area contributed by atoms with Crippen molar-refractivity contribution in [2.24, 2.45) is 0 Å². The molecule has 0 unspecified atom stereocenters. The number of rotatable bonds is 7. The maximum atomic E-state index is 12.8. The van der Waals surface area contributed by atoms with Gasteiger partial charge in [0.1, 0.15) is 5.82 Å². The fourth-order valence-electron chi connectivity index (χ4n) is 2.28. The first-order valence-corrected chi connectivity index (χ1v) is 8.25. The quantitative estimate of drug-likeness (QED) is 0.578. The van der Waals surface area contributed by atoms with Gasteiger partial charge in [-0.15, -0.1) is 0 Å². The van der Waals surface area contributed by atoms with Gasteiger partial charge >= 0.3 is 5.97 Å². The highest BCUT2D eigenvalue weighted by atomic mass is 35.5. The third-order valence-corrected chi connectivity index (χ3v) is 3.96. The third kappa shape index (κ3) is 5.39. The molecule has 2 aromatic rings. The molecule has 0 aliphatic carbocycles. The van der Waals surface area contributed by atoms with E-state index in [-0.39, 0.29) is 35.1 Å². The van der Waals surface area contributed by atoms with Crippen molar-refractivity contribution in [2.45, 2.75) is 19.3 Å². The smallest absolute Gasteiger partial charge is 0.339 e. The molecule has 26 heavy (non-hydrogen) atoms. The van der Waals surface area contributed by atoms with Gasteiger partial charge in [0, 0.05) is 24.1 Å². The third-order valence-electron chi connectivity index (χ3n) is 3.63. The number of esters is 1. The average molecular weight is 378 g/mol. The Morgan fingerprint density at radius 1 is 1.08 bits per heavy atom. The van der Waals surface area contributed by atoms with E-state index in [2.05, 4.69) is 10.1 Å². The molecule has 0 aromatic heterocycles. The number of nitrogens with one attached hydrogen (secondary N) is 1. The monoisotopic (exact) mass is 377 g/mol. The van der Waals surface area contributed by atoms with E-state index in [1.165, 1.54) is 43.5 Å². The number of carbonyl (C=O) groups is 3. The zero-order valence-corrected chi connectivity index (χ0v) is 14.8. The van der Waals surface area contributed by atoms with E-state index in [4.69, 9.17) is 11.6 Å². The van der Waals surface area contributed by atoms with Crippen LogP contribution in [0.4, 0.5) is 10.1 Å². The molecular weight excluding hydrogens is 361 g/mol. The fourth-order valence-corrected chi connectivity index (χ4v) is 2.48. The molecule has 1 N–H and O–H groups in total. The first-order chi connectivity index (χ1) is 12.4. The van der Waals surface area contributed by atoms with Crippen molar-refractivity contribution >= 4 is 34.9 Å². The summed E-state index contributed by atoms with van der Waals surface area (Å²) in [4.78, 5) is 35.6. The van der Waals surface area contributed by atoms with E-state index in [9.17, 15) is 18.8 Å². The maximum absolute atomic E-state index is 12.8. The molecule has 2 rings (SSSR count). The van der Waals surface area contributed by atoms with Gasteiger partial charge in [-0.25, -0.2) is 9.18 Å². The molecule has 0 spiro atoms. The van der Waals surface area contributed by atoms with Crippen LogP contribution in [-0.2, 0) is 9.53 Å². The number of anilines is 1. The van der Waals surface area contributed by atoms with E-state index >= 15 is 0 Å². The molecule has 0 aliphatic rings. The fraction of sp³-hybridized carbons (Fsp3) is 0.211. The van der Waals surface area contributed by atoms with Crippen LogP contribution in [0.15, 0.2) is 42.5 Å². The Bertz CT molecular complexity index is 821. The Labute approximate surface area is 155 Å². The Morgan fingerprint density at radius 3 is 2.42 bits per heavy atom. The number of Topliss-reactive ketones (excluding diaryl/α,β-unsaturated/α-hetero) is 1. The highest BCUT2D eigenvalue weighted by molar-refractivity contribution is 6.33. The highest BCUT2D eigenvalue weighted by Gasteiger charge is 2.13. The van der Waals surface area contributed by atoms with E-state index < -0.39 is 11.8 Å². The first kappa shape index (κ1) is 19.6. The number of ether oxygens (including phenoxy) is 1. The van der Waals surface area contributed by atoms with Crippen LogP contribution in [0.3, 0.4) is 0 Å². The molecule has 0 fully saturated rings. The number of hydrogen-bond acceptors (Lipinski definition) is 4. The van der Waals surface area contributed by atoms with Crippen molar-refractivity contribution in [2.75, 3.05) is 12.4 Å². The molecule has 5 nitrogen and oxygen atoms in total. The molecule has 2 aromatic carbocycles. The van der Waals surface area contributed by atoms with Crippen LogP contribution in [0.2, 0.25) is 5.02 Å². The van der Waals surface area contributed by atoms with Crippen molar-refractivity contribution in [3.05, 3.63) is 64.4 Å². The van der Waals surface area contributed by atoms with Gasteiger partial charge in [0.15, 0.2) is 5.78 Å². The van der Waals surface area contributed by atoms with Gasteiger partial charge in [-0.1, -0.05) is 11.6 Å². The summed E-state index contributed by atoms with van der Waals surface area (Å²) < 4.78 is 17.5. The number of halogens is 2. The van der Waals surface area contributed by atoms with Gasteiger partial charge in [0.05, 0.1) is 17.7 Å². The number of hydrogen-bond donors (Lipinski definition) is 1. The largest absolute Gasteiger partial charge is 0.465 e. The predicted molar refractivity (Wildman–Crippen MR) is 96.0 cm³/mol. The van der Waals surface area contributed by atoms with E-state index in [1.807, 2.05) is 0 Å². The Balaban J connectivity index is 1.86. The number of amides is 1. The van der Waals surface area contributed by atoms with Crippen LogP contribution < -0.4 is 5.32 Å². The molecule has 0 radical (unpaired) electrons. The van der Waals surface area contributed by atoms with Crippen LogP contribution in [0.25, 0.3) is 0 Å². The van der Waals surface area contributed by atoms with Crippen LogP contribution >= 0.6 is 11.6 Å². The van der Waals surface area contributed by atoms with Crippen molar-refractivity contribution in [1.82, 2.24) is 0 Å².